The third-order valence-electron chi connectivity index (χ3n) is 2.15. The van der Waals surface area contributed by atoms with Crippen molar-refractivity contribution in [3.8, 4) is 0 Å². The van der Waals surface area contributed by atoms with Crippen LogP contribution in [0.2, 0.25) is 0 Å². The van der Waals surface area contributed by atoms with Gasteiger partial charge in [-0.2, -0.15) is 0 Å². The van der Waals surface area contributed by atoms with Crippen molar-refractivity contribution in [2.45, 2.75) is 26.4 Å². The number of hydrogen-bond donors (Lipinski definition) is 2. The Morgan fingerprint density at radius 2 is 2.21 bits per heavy atom. The number of aliphatic hydroxyl groups excluding tert-OH is 1. The lowest BCUT2D eigenvalue weighted by Crippen LogP contribution is -2.10. The third-order valence-corrected chi connectivity index (χ3v) is 2.15. The molecule has 0 aliphatic heterocycles. The number of benzene rings is 1. The minimum atomic E-state index is -0.323. The zero-order valence-electron chi connectivity index (χ0n) is 8.55. The van der Waals surface area contributed by atoms with Crippen LogP contribution in [0.15, 0.2) is 18.2 Å². The van der Waals surface area contributed by atoms with Crippen molar-refractivity contribution < 1.29 is 9.50 Å². The third kappa shape index (κ3) is 3.00. The molecule has 0 aliphatic rings. The molecular weight excluding hydrogens is 181 g/mol. The highest BCUT2D eigenvalue weighted by Gasteiger charge is 2.02. The van der Waals surface area contributed by atoms with Crippen molar-refractivity contribution in [2.75, 3.05) is 11.9 Å². The molecule has 3 heteroatoms. The zero-order chi connectivity index (χ0) is 10.6. The zero-order valence-corrected chi connectivity index (χ0v) is 8.55. The summed E-state index contributed by atoms with van der Waals surface area (Å²) in [4.78, 5) is 0. The van der Waals surface area contributed by atoms with Gasteiger partial charge >= 0.3 is 0 Å². The summed E-state index contributed by atoms with van der Waals surface area (Å²) in [6, 6.07) is 4.95. The first kappa shape index (κ1) is 11.0. The SMILES string of the molecule is Cc1c(F)cccc1NCCC(C)O. The van der Waals surface area contributed by atoms with E-state index in [1.54, 1.807) is 19.9 Å². The van der Waals surface area contributed by atoms with E-state index in [2.05, 4.69) is 5.32 Å². The average molecular weight is 197 g/mol. The second-order valence-corrected chi connectivity index (χ2v) is 3.48. The standard InChI is InChI=1S/C11H16FNO/c1-8(14)6-7-13-11-5-3-4-10(12)9(11)2/h3-5,8,13-14H,6-7H2,1-2H3. The van der Waals surface area contributed by atoms with Crippen LogP contribution in [0, 0.1) is 12.7 Å². The van der Waals surface area contributed by atoms with E-state index in [1.807, 2.05) is 6.07 Å². The first-order valence-electron chi connectivity index (χ1n) is 4.78. The van der Waals surface area contributed by atoms with E-state index in [4.69, 9.17) is 5.11 Å². The maximum absolute atomic E-state index is 13.1. The molecule has 0 amide bonds. The normalized spacial score (nSPS) is 12.6. The van der Waals surface area contributed by atoms with E-state index in [0.717, 1.165) is 5.69 Å². The minimum absolute atomic E-state index is 0.202. The van der Waals surface area contributed by atoms with Crippen LogP contribution < -0.4 is 5.32 Å². The summed E-state index contributed by atoms with van der Waals surface area (Å²) in [6.07, 6.45) is 0.340. The fraction of sp³-hybridized carbons (Fsp3) is 0.455. The van der Waals surface area contributed by atoms with E-state index < -0.39 is 0 Å². The van der Waals surface area contributed by atoms with E-state index in [1.165, 1.54) is 6.07 Å². The Hall–Kier alpha value is -1.09. The van der Waals surface area contributed by atoms with Crippen LogP contribution in [0.25, 0.3) is 0 Å². The summed E-state index contributed by atoms with van der Waals surface area (Å²) in [5, 5.41) is 12.1. The van der Waals surface area contributed by atoms with Crippen LogP contribution in [0.3, 0.4) is 0 Å². The molecule has 2 nitrogen and oxygen atoms in total. The van der Waals surface area contributed by atoms with Gasteiger partial charge in [-0.15, -0.1) is 0 Å². The van der Waals surface area contributed by atoms with Crippen molar-refractivity contribution in [2.24, 2.45) is 0 Å². The Balaban J connectivity index is 2.54. The van der Waals surface area contributed by atoms with Gasteiger partial charge in [0.1, 0.15) is 5.82 Å². The molecule has 1 unspecified atom stereocenters. The van der Waals surface area contributed by atoms with Gasteiger partial charge < -0.3 is 10.4 Å². The molecule has 0 radical (unpaired) electrons. The van der Waals surface area contributed by atoms with Crippen molar-refractivity contribution >= 4 is 5.69 Å². The lowest BCUT2D eigenvalue weighted by Gasteiger charge is -2.10. The van der Waals surface area contributed by atoms with Crippen LogP contribution in [0.4, 0.5) is 10.1 Å². The number of hydrogen-bond acceptors (Lipinski definition) is 2. The molecule has 0 fully saturated rings. The van der Waals surface area contributed by atoms with E-state index in [0.29, 0.717) is 18.5 Å². The van der Waals surface area contributed by atoms with Gasteiger partial charge in [-0.3, -0.25) is 0 Å². The molecule has 78 valence electrons. The molecule has 0 aliphatic carbocycles. The number of aliphatic hydroxyl groups is 1. The lowest BCUT2D eigenvalue weighted by atomic mass is 10.2. The molecule has 0 bridgehead atoms. The summed E-state index contributed by atoms with van der Waals surface area (Å²) in [6.45, 7) is 4.13. The Bertz CT molecular complexity index is 299. The maximum Gasteiger partial charge on any atom is 0.128 e. The predicted molar refractivity (Wildman–Crippen MR) is 55.9 cm³/mol. The quantitative estimate of drug-likeness (QED) is 0.776. The molecular formula is C11H16FNO. The highest BCUT2D eigenvalue weighted by Crippen LogP contribution is 2.17. The molecule has 0 spiro atoms. The van der Waals surface area contributed by atoms with Crippen molar-refractivity contribution in [1.82, 2.24) is 0 Å². The number of halogens is 1. The average Bonchev–Trinajstić information content (AvgIpc) is 2.12. The lowest BCUT2D eigenvalue weighted by molar-refractivity contribution is 0.189. The first-order chi connectivity index (χ1) is 6.61. The summed E-state index contributed by atoms with van der Waals surface area (Å²) >= 11 is 0. The van der Waals surface area contributed by atoms with Gasteiger partial charge in [0.15, 0.2) is 0 Å². The Labute approximate surface area is 83.8 Å². The Kier molecular flexibility index (Phi) is 3.89. The van der Waals surface area contributed by atoms with E-state index >= 15 is 0 Å². The Morgan fingerprint density at radius 1 is 1.50 bits per heavy atom. The van der Waals surface area contributed by atoms with Gasteiger partial charge in [0.2, 0.25) is 0 Å². The van der Waals surface area contributed by atoms with Crippen molar-refractivity contribution in [3.05, 3.63) is 29.6 Å². The second-order valence-electron chi connectivity index (χ2n) is 3.48. The molecule has 14 heavy (non-hydrogen) atoms. The van der Waals surface area contributed by atoms with E-state index in [9.17, 15) is 4.39 Å². The molecule has 0 heterocycles. The van der Waals surface area contributed by atoms with Crippen LogP contribution in [-0.2, 0) is 0 Å². The number of anilines is 1. The molecule has 1 aromatic rings. The van der Waals surface area contributed by atoms with Gasteiger partial charge in [-0.05, 0) is 32.4 Å². The topological polar surface area (TPSA) is 32.3 Å². The highest BCUT2D eigenvalue weighted by atomic mass is 19.1. The highest BCUT2D eigenvalue weighted by molar-refractivity contribution is 5.50. The van der Waals surface area contributed by atoms with Gasteiger partial charge in [-0.1, -0.05) is 6.07 Å². The summed E-state index contributed by atoms with van der Waals surface area (Å²) in [7, 11) is 0. The van der Waals surface area contributed by atoms with Gasteiger partial charge in [0.25, 0.3) is 0 Å². The Morgan fingerprint density at radius 3 is 2.86 bits per heavy atom. The van der Waals surface area contributed by atoms with Crippen LogP contribution in [0.5, 0.6) is 0 Å². The van der Waals surface area contributed by atoms with Crippen LogP contribution in [0.1, 0.15) is 18.9 Å². The smallest absolute Gasteiger partial charge is 0.128 e. The fourth-order valence-corrected chi connectivity index (χ4v) is 1.21. The summed E-state index contributed by atoms with van der Waals surface area (Å²) < 4.78 is 13.1. The van der Waals surface area contributed by atoms with Gasteiger partial charge in [0.05, 0.1) is 6.10 Å². The summed E-state index contributed by atoms with van der Waals surface area (Å²) in [5.41, 5.74) is 1.42. The molecule has 2 N–H and O–H groups in total. The van der Waals surface area contributed by atoms with E-state index in [-0.39, 0.29) is 11.9 Å². The second kappa shape index (κ2) is 4.96. The molecule has 0 saturated carbocycles. The molecule has 1 atom stereocenters. The molecule has 1 rings (SSSR count). The number of nitrogens with one attached hydrogen (secondary N) is 1. The van der Waals surface area contributed by atoms with Gasteiger partial charge in [-0.25, -0.2) is 4.39 Å². The summed E-state index contributed by atoms with van der Waals surface area (Å²) in [5.74, 6) is -0.202. The fourth-order valence-electron chi connectivity index (χ4n) is 1.21. The minimum Gasteiger partial charge on any atom is -0.393 e. The van der Waals surface area contributed by atoms with Gasteiger partial charge in [0, 0.05) is 17.8 Å². The molecule has 1 aromatic carbocycles. The predicted octanol–water partition coefficient (Wildman–Crippen LogP) is 2.32. The first-order valence-corrected chi connectivity index (χ1v) is 4.78. The van der Waals surface area contributed by atoms with Crippen molar-refractivity contribution in [1.29, 1.82) is 0 Å². The van der Waals surface area contributed by atoms with Crippen LogP contribution >= 0.6 is 0 Å². The molecule has 0 saturated heterocycles. The maximum atomic E-state index is 13.1. The molecule has 0 aromatic heterocycles. The number of rotatable bonds is 4. The van der Waals surface area contributed by atoms with Crippen molar-refractivity contribution in [3.63, 3.8) is 0 Å². The van der Waals surface area contributed by atoms with Crippen LogP contribution in [-0.4, -0.2) is 17.8 Å². The largest absolute Gasteiger partial charge is 0.393 e. The monoisotopic (exact) mass is 197 g/mol.